The van der Waals surface area contributed by atoms with Crippen LogP contribution in [0.4, 0.5) is 0 Å². The minimum Gasteiger partial charge on any atom is -0.778 e. The van der Waals surface area contributed by atoms with E-state index in [2.05, 4.69) is 4.52 Å². The molecule has 1 aromatic carbocycles. The van der Waals surface area contributed by atoms with Crippen LogP contribution < -0.4 is 34.5 Å². The van der Waals surface area contributed by atoms with Crippen molar-refractivity contribution < 1.29 is 53.5 Å². The molecule has 0 saturated heterocycles. The van der Waals surface area contributed by atoms with Crippen LogP contribution >= 0.6 is 7.60 Å². The summed E-state index contributed by atoms with van der Waals surface area (Å²) in [5.74, 6) is -0.509. The van der Waals surface area contributed by atoms with Crippen LogP contribution in [0.15, 0.2) is 30.3 Å². The maximum Gasteiger partial charge on any atom is 1.00 e. The van der Waals surface area contributed by atoms with Crippen LogP contribution in [-0.2, 0) is 20.4 Å². The zero-order chi connectivity index (χ0) is 15.0. The number of benzene rings is 1. The molecule has 0 aromatic heterocycles. The Kier molecular flexibility index (Phi) is 10.4. The second kappa shape index (κ2) is 10.5. The van der Waals surface area contributed by atoms with Crippen molar-refractivity contribution in [2.24, 2.45) is 0 Å². The molecule has 8 heteroatoms. The summed E-state index contributed by atoms with van der Waals surface area (Å²) in [5.41, 5.74) is 0.798. The van der Waals surface area contributed by atoms with E-state index < -0.39 is 13.5 Å². The summed E-state index contributed by atoms with van der Waals surface area (Å²) < 4.78 is 15.9. The standard InChI is InChI=1S/C13H20NO5P.Na/c1-2-19-20(17,18)10-6-9-13(15)14(16)11-12-7-4-3-5-8-12;/h3-5,7-8,16H,2,6,9-11H2,1H3,(H,17,18);/q;+1/p-1. The molecule has 6 nitrogen and oxygen atoms in total. The molecule has 1 rings (SSSR count). The van der Waals surface area contributed by atoms with Gasteiger partial charge >= 0.3 is 29.6 Å². The molecule has 1 unspecified atom stereocenters. The summed E-state index contributed by atoms with van der Waals surface area (Å²) in [4.78, 5) is 22.9. The Labute approximate surface area is 146 Å². The van der Waals surface area contributed by atoms with Crippen LogP contribution in [0.2, 0.25) is 0 Å². The predicted molar refractivity (Wildman–Crippen MR) is 72.1 cm³/mol. The summed E-state index contributed by atoms with van der Waals surface area (Å²) >= 11 is 0. The van der Waals surface area contributed by atoms with E-state index in [0.29, 0.717) is 5.06 Å². The van der Waals surface area contributed by atoms with Gasteiger partial charge in [0.05, 0.1) is 13.2 Å². The minimum atomic E-state index is -3.85. The van der Waals surface area contributed by atoms with Gasteiger partial charge in [-0.05, 0) is 18.9 Å². The summed E-state index contributed by atoms with van der Waals surface area (Å²) in [6, 6.07) is 9.04. The molecule has 0 bridgehead atoms. The zero-order valence-corrected chi connectivity index (χ0v) is 15.3. The number of hydrogen-bond acceptors (Lipinski definition) is 5. The zero-order valence-electron chi connectivity index (χ0n) is 12.4. The average molecular weight is 323 g/mol. The number of carbonyl (C=O) groups is 1. The van der Waals surface area contributed by atoms with Gasteiger partial charge in [-0.25, -0.2) is 5.06 Å². The Morgan fingerprint density at radius 1 is 1.38 bits per heavy atom. The Balaban J connectivity index is 0.00000400. The van der Waals surface area contributed by atoms with E-state index in [1.54, 1.807) is 19.1 Å². The molecule has 1 amide bonds. The van der Waals surface area contributed by atoms with Crippen LogP contribution in [0.25, 0.3) is 0 Å². The first-order chi connectivity index (χ1) is 9.44. The Morgan fingerprint density at radius 3 is 2.57 bits per heavy atom. The molecule has 1 N–H and O–H groups in total. The van der Waals surface area contributed by atoms with Crippen molar-refractivity contribution in [2.75, 3.05) is 12.8 Å². The second-order valence-corrected chi connectivity index (χ2v) is 6.22. The molecular formula is C13H19NNaO5P. The van der Waals surface area contributed by atoms with Crippen LogP contribution in [-0.4, -0.2) is 28.9 Å². The molecule has 112 valence electrons. The summed E-state index contributed by atoms with van der Waals surface area (Å²) in [5, 5.41) is 10.2. The molecule has 1 aromatic rings. The largest absolute Gasteiger partial charge is 1.00 e. The van der Waals surface area contributed by atoms with Gasteiger partial charge in [0.2, 0.25) is 5.91 Å². The number of hydroxylamine groups is 2. The maximum atomic E-state index is 11.6. The SMILES string of the molecule is CCOP(=O)([O-])CCCC(=O)N(O)Cc1ccccc1.[Na+]. The van der Waals surface area contributed by atoms with Crippen molar-refractivity contribution in [3.63, 3.8) is 0 Å². The fourth-order valence-corrected chi connectivity index (χ4v) is 2.73. The van der Waals surface area contributed by atoms with Gasteiger partial charge in [0.25, 0.3) is 0 Å². The fourth-order valence-electron chi connectivity index (χ4n) is 1.66. The van der Waals surface area contributed by atoms with Crippen molar-refractivity contribution in [1.82, 2.24) is 5.06 Å². The Morgan fingerprint density at radius 2 is 2.00 bits per heavy atom. The molecule has 0 fully saturated rings. The van der Waals surface area contributed by atoms with Crippen LogP contribution in [0.3, 0.4) is 0 Å². The third-order valence-electron chi connectivity index (χ3n) is 2.61. The third-order valence-corrected chi connectivity index (χ3v) is 4.13. The van der Waals surface area contributed by atoms with Gasteiger partial charge in [-0.2, -0.15) is 0 Å². The first-order valence-corrected chi connectivity index (χ1v) is 8.15. The Hall–Kier alpha value is -0.200. The third kappa shape index (κ3) is 8.73. The second-order valence-electron chi connectivity index (χ2n) is 4.29. The van der Waals surface area contributed by atoms with Gasteiger partial charge in [-0.3, -0.25) is 10.0 Å². The van der Waals surface area contributed by atoms with E-state index in [4.69, 9.17) is 0 Å². The van der Waals surface area contributed by atoms with Gasteiger partial charge < -0.3 is 14.0 Å². The molecular weight excluding hydrogens is 304 g/mol. The van der Waals surface area contributed by atoms with Crippen LogP contribution in [0.1, 0.15) is 25.3 Å². The smallest absolute Gasteiger partial charge is 0.778 e. The number of rotatable bonds is 8. The van der Waals surface area contributed by atoms with Crippen molar-refractivity contribution in [3.8, 4) is 0 Å². The molecule has 1 atom stereocenters. The molecule has 0 heterocycles. The number of carbonyl (C=O) groups excluding carboxylic acids is 1. The topological polar surface area (TPSA) is 89.9 Å². The van der Waals surface area contributed by atoms with E-state index in [-0.39, 0.29) is 61.7 Å². The molecule has 0 spiro atoms. The van der Waals surface area contributed by atoms with Gasteiger partial charge in [-0.15, -0.1) is 0 Å². The van der Waals surface area contributed by atoms with Crippen molar-refractivity contribution in [1.29, 1.82) is 0 Å². The van der Waals surface area contributed by atoms with Gasteiger partial charge in [0.1, 0.15) is 7.60 Å². The molecule has 21 heavy (non-hydrogen) atoms. The molecule has 0 radical (unpaired) electrons. The first kappa shape index (κ1) is 20.8. The van der Waals surface area contributed by atoms with E-state index in [9.17, 15) is 19.5 Å². The fraction of sp³-hybridized carbons (Fsp3) is 0.462. The van der Waals surface area contributed by atoms with E-state index in [1.165, 1.54) is 0 Å². The Bertz CT molecular complexity index is 471. The summed E-state index contributed by atoms with van der Waals surface area (Å²) in [6.45, 7) is 1.76. The quantitative estimate of drug-likeness (QED) is 0.280. The maximum absolute atomic E-state index is 11.6. The number of hydrogen-bond donors (Lipinski definition) is 1. The van der Waals surface area contributed by atoms with Gasteiger partial charge in [0, 0.05) is 12.6 Å². The van der Waals surface area contributed by atoms with Crippen LogP contribution in [0, 0.1) is 0 Å². The molecule has 0 aliphatic rings. The van der Waals surface area contributed by atoms with E-state index in [0.717, 1.165) is 5.56 Å². The first-order valence-electron chi connectivity index (χ1n) is 6.42. The number of nitrogens with zero attached hydrogens (tertiary/aromatic N) is 1. The van der Waals surface area contributed by atoms with Crippen molar-refractivity contribution in [2.45, 2.75) is 26.3 Å². The average Bonchev–Trinajstić information content (AvgIpc) is 2.39. The molecule has 0 aliphatic carbocycles. The van der Waals surface area contributed by atoms with Gasteiger partial charge in [0.15, 0.2) is 0 Å². The van der Waals surface area contributed by atoms with E-state index in [1.807, 2.05) is 18.2 Å². The van der Waals surface area contributed by atoms with Crippen molar-refractivity contribution >= 4 is 13.5 Å². The minimum absolute atomic E-state index is 0. The normalized spacial score (nSPS) is 13.1. The summed E-state index contributed by atoms with van der Waals surface area (Å²) in [7, 11) is -3.85. The summed E-state index contributed by atoms with van der Waals surface area (Å²) in [6.07, 6.45) is -0.111. The van der Waals surface area contributed by atoms with Crippen molar-refractivity contribution in [3.05, 3.63) is 35.9 Å². The monoisotopic (exact) mass is 323 g/mol. The van der Waals surface area contributed by atoms with Gasteiger partial charge in [-0.1, -0.05) is 30.3 Å². The van der Waals surface area contributed by atoms with Crippen LogP contribution in [0.5, 0.6) is 0 Å². The molecule has 0 saturated carbocycles. The number of amides is 1. The van der Waals surface area contributed by atoms with E-state index >= 15 is 0 Å². The predicted octanol–water partition coefficient (Wildman–Crippen LogP) is -1.22. The molecule has 0 aliphatic heterocycles.